The molecule has 2 heterocycles. The molecule has 140 valence electrons. The van der Waals surface area contributed by atoms with E-state index in [9.17, 15) is 14.4 Å². The number of rotatable bonds is 4. The number of amides is 1. The SMILES string of the molecule is Cc1cc(C)n(CC(=O)Nc2c(C)n(C)n(-c3ccccc3)c2=O)c(=O)n1. The predicted octanol–water partition coefficient (Wildman–Crippen LogP) is 1.30. The van der Waals surface area contributed by atoms with Crippen LogP contribution < -0.4 is 16.6 Å². The van der Waals surface area contributed by atoms with Crippen molar-refractivity contribution in [3.8, 4) is 5.69 Å². The monoisotopic (exact) mass is 367 g/mol. The maximum absolute atomic E-state index is 12.8. The van der Waals surface area contributed by atoms with Gasteiger partial charge in [-0.1, -0.05) is 18.2 Å². The molecule has 1 aromatic carbocycles. The van der Waals surface area contributed by atoms with Crippen molar-refractivity contribution in [2.45, 2.75) is 27.3 Å². The Bertz CT molecular complexity index is 1120. The lowest BCUT2D eigenvalue weighted by molar-refractivity contribution is -0.116. The van der Waals surface area contributed by atoms with Gasteiger partial charge in [-0.05, 0) is 39.0 Å². The minimum atomic E-state index is -0.492. The lowest BCUT2D eigenvalue weighted by Crippen LogP contribution is -2.32. The van der Waals surface area contributed by atoms with Crippen molar-refractivity contribution in [3.05, 3.63) is 74.3 Å². The first kappa shape index (κ1) is 18.4. The molecule has 0 aliphatic carbocycles. The van der Waals surface area contributed by atoms with Crippen LogP contribution in [-0.4, -0.2) is 24.8 Å². The van der Waals surface area contributed by atoms with Gasteiger partial charge in [0.2, 0.25) is 5.91 Å². The zero-order valence-electron chi connectivity index (χ0n) is 15.7. The number of hydrogen-bond donors (Lipinski definition) is 1. The molecule has 8 nitrogen and oxygen atoms in total. The van der Waals surface area contributed by atoms with E-state index >= 15 is 0 Å². The first-order chi connectivity index (χ1) is 12.8. The van der Waals surface area contributed by atoms with Gasteiger partial charge in [0.1, 0.15) is 12.2 Å². The molecule has 1 N–H and O–H groups in total. The number of benzene rings is 1. The van der Waals surface area contributed by atoms with Crippen molar-refractivity contribution in [3.63, 3.8) is 0 Å². The molecule has 3 rings (SSSR count). The highest BCUT2D eigenvalue weighted by molar-refractivity contribution is 5.91. The number of carbonyl (C=O) groups excluding carboxylic acids is 1. The Morgan fingerprint density at radius 2 is 1.78 bits per heavy atom. The normalized spacial score (nSPS) is 10.8. The predicted molar refractivity (Wildman–Crippen MR) is 102 cm³/mol. The number of hydrogen-bond acceptors (Lipinski definition) is 4. The summed E-state index contributed by atoms with van der Waals surface area (Å²) in [6.07, 6.45) is 0. The third kappa shape index (κ3) is 3.46. The molecule has 0 spiro atoms. The first-order valence-electron chi connectivity index (χ1n) is 8.48. The second-order valence-corrected chi connectivity index (χ2v) is 6.39. The molecule has 0 radical (unpaired) electrons. The van der Waals surface area contributed by atoms with Crippen molar-refractivity contribution in [1.29, 1.82) is 0 Å². The summed E-state index contributed by atoms with van der Waals surface area (Å²) in [5, 5.41) is 2.65. The van der Waals surface area contributed by atoms with Gasteiger partial charge in [-0.25, -0.2) is 9.48 Å². The average Bonchev–Trinajstić information content (AvgIpc) is 2.82. The molecule has 3 aromatic rings. The Kier molecular flexibility index (Phi) is 4.81. The third-order valence-electron chi connectivity index (χ3n) is 4.47. The summed E-state index contributed by atoms with van der Waals surface area (Å²) in [5.41, 5.74) is 1.91. The van der Waals surface area contributed by atoms with E-state index in [1.54, 1.807) is 38.6 Å². The Hall–Kier alpha value is -3.42. The standard InChI is InChI=1S/C19H21N5O3/c1-12-10-13(2)23(19(27)20-12)11-16(25)21-17-14(3)22(4)24(18(17)26)15-8-6-5-7-9-15/h5-10H,11H2,1-4H3,(H,21,25). The molecular weight excluding hydrogens is 346 g/mol. The number of nitrogens with zero attached hydrogens (tertiary/aromatic N) is 4. The highest BCUT2D eigenvalue weighted by Crippen LogP contribution is 2.14. The summed E-state index contributed by atoms with van der Waals surface area (Å²) in [5.74, 6) is -0.461. The minimum Gasteiger partial charge on any atom is -0.318 e. The molecule has 1 amide bonds. The summed E-state index contributed by atoms with van der Waals surface area (Å²) in [4.78, 5) is 41.2. The highest BCUT2D eigenvalue weighted by Gasteiger charge is 2.18. The Labute approximate surface area is 155 Å². The van der Waals surface area contributed by atoms with E-state index in [0.29, 0.717) is 22.8 Å². The lowest BCUT2D eigenvalue weighted by atomic mass is 10.3. The second kappa shape index (κ2) is 7.06. The van der Waals surface area contributed by atoms with Gasteiger partial charge < -0.3 is 5.32 Å². The van der Waals surface area contributed by atoms with E-state index in [1.165, 1.54) is 9.25 Å². The van der Waals surface area contributed by atoms with Crippen LogP contribution in [0.5, 0.6) is 0 Å². The van der Waals surface area contributed by atoms with Crippen LogP contribution in [0.25, 0.3) is 5.69 Å². The number of anilines is 1. The number of nitrogens with one attached hydrogen (secondary N) is 1. The van der Waals surface area contributed by atoms with Crippen LogP contribution >= 0.6 is 0 Å². The Morgan fingerprint density at radius 1 is 1.11 bits per heavy atom. The zero-order valence-corrected chi connectivity index (χ0v) is 15.7. The number of aryl methyl sites for hydroxylation is 2. The van der Waals surface area contributed by atoms with Crippen LogP contribution in [0.3, 0.4) is 0 Å². The van der Waals surface area contributed by atoms with Gasteiger partial charge in [-0.3, -0.25) is 18.8 Å². The number of carbonyl (C=O) groups is 1. The van der Waals surface area contributed by atoms with Crippen molar-refractivity contribution in [1.82, 2.24) is 18.9 Å². The zero-order chi connectivity index (χ0) is 19.7. The van der Waals surface area contributed by atoms with Gasteiger partial charge in [0.05, 0.1) is 11.4 Å². The van der Waals surface area contributed by atoms with E-state index in [4.69, 9.17) is 0 Å². The van der Waals surface area contributed by atoms with Gasteiger partial charge >= 0.3 is 5.69 Å². The summed E-state index contributed by atoms with van der Waals surface area (Å²) in [7, 11) is 1.75. The summed E-state index contributed by atoms with van der Waals surface area (Å²) < 4.78 is 4.43. The quantitative estimate of drug-likeness (QED) is 0.752. The molecule has 0 unspecified atom stereocenters. The van der Waals surface area contributed by atoms with E-state index in [1.807, 2.05) is 30.3 Å². The van der Waals surface area contributed by atoms with Crippen molar-refractivity contribution in [2.24, 2.45) is 7.05 Å². The molecular formula is C19H21N5O3. The van der Waals surface area contributed by atoms with Crippen molar-refractivity contribution < 1.29 is 4.79 Å². The smallest absolute Gasteiger partial charge is 0.318 e. The minimum absolute atomic E-state index is 0.192. The average molecular weight is 367 g/mol. The first-order valence-corrected chi connectivity index (χ1v) is 8.48. The summed E-state index contributed by atoms with van der Waals surface area (Å²) in [6, 6.07) is 10.9. The Morgan fingerprint density at radius 3 is 2.41 bits per heavy atom. The van der Waals surface area contributed by atoms with Crippen LogP contribution in [0.4, 0.5) is 5.69 Å². The molecule has 0 aliphatic rings. The van der Waals surface area contributed by atoms with Gasteiger partial charge in [0, 0.05) is 18.4 Å². The van der Waals surface area contributed by atoms with Crippen molar-refractivity contribution in [2.75, 3.05) is 5.32 Å². The largest absolute Gasteiger partial charge is 0.348 e. The van der Waals surface area contributed by atoms with E-state index in [-0.39, 0.29) is 17.8 Å². The van der Waals surface area contributed by atoms with E-state index in [0.717, 1.165) is 0 Å². The van der Waals surface area contributed by atoms with E-state index < -0.39 is 11.6 Å². The molecule has 0 bridgehead atoms. The van der Waals surface area contributed by atoms with E-state index in [2.05, 4.69) is 10.3 Å². The highest BCUT2D eigenvalue weighted by atomic mass is 16.2. The summed E-state index contributed by atoms with van der Waals surface area (Å²) in [6.45, 7) is 5.00. The van der Waals surface area contributed by atoms with Gasteiger partial charge in [-0.2, -0.15) is 4.98 Å². The van der Waals surface area contributed by atoms with Crippen molar-refractivity contribution >= 4 is 11.6 Å². The molecule has 0 saturated carbocycles. The second-order valence-electron chi connectivity index (χ2n) is 6.39. The summed E-state index contributed by atoms with van der Waals surface area (Å²) >= 11 is 0. The Balaban J connectivity index is 1.92. The van der Waals surface area contributed by atoms with Crippen LogP contribution in [0.2, 0.25) is 0 Å². The molecule has 0 aliphatic heterocycles. The molecule has 0 atom stereocenters. The lowest BCUT2D eigenvalue weighted by Gasteiger charge is -2.09. The van der Waals surface area contributed by atoms with Gasteiger partial charge in [-0.15, -0.1) is 0 Å². The fourth-order valence-corrected chi connectivity index (χ4v) is 3.00. The molecule has 0 fully saturated rings. The number of aromatic nitrogens is 4. The van der Waals surface area contributed by atoms with Gasteiger partial charge in [0.15, 0.2) is 0 Å². The fourth-order valence-electron chi connectivity index (χ4n) is 3.00. The molecule has 2 aromatic heterocycles. The van der Waals surface area contributed by atoms with Gasteiger partial charge in [0.25, 0.3) is 5.56 Å². The van der Waals surface area contributed by atoms with Crippen LogP contribution in [0.15, 0.2) is 46.0 Å². The molecule has 0 saturated heterocycles. The maximum atomic E-state index is 12.8. The molecule has 8 heteroatoms. The van der Waals surface area contributed by atoms with Crippen LogP contribution in [0, 0.1) is 20.8 Å². The molecule has 27 heavy (non-hydrogen) atoms. The maximum Gasteiger partial charge on any atom is 0.348 e. The fraction of sp³-hybridized carbons (Fsp3) is 0.263. The van der Waals surface area contributed by atoms with Crippen LogP contribution in [-0.2, 0) is 18.4 Å². The third-order valence-corrected chi connectivity index (χ3v) is 4.47. The number of para-hydroxylation sites is 1. The topological polar surface area (TPSA) is 90.9 Å². The van der Waals surface area contributed by atoms with Crippen LogP contribution in [0.1, 0.15) is 17.1 Å².